The number of hydrogen-bond acceptors (Lipinski definition) is 6. The lowest BCUT2D eigenvalue weighted by atomic mass is 9.81. The summed E-state index contributed by atoms with van der Waals surface area (Å²) in [5, 5.41) is 14.8. The summed E-state index contributed by atoms with van der Waals surface area (Å²) in [6.45, 7) is 17.1. The number of piperidine rings is 3. The Hall–Kier alpha value is -2.59. The quantitative estimate of drug-likeness (QED) is 0.328. The Morgan fingerprint density at radius 3 is 2.70 bits per heavy atom. The fourth-order valence-electron chi connectivity index (χ4n) is 8.44. The van der Waals surface area contributed by atoms with Gasteiger partial charge in [-0.25, -0.2) is 0 Å². The number of nitrogens with zero attached hydrogens (tertiary/aromatic N) is 6. The number of carbonyl (C=O) groups is 1. The largest absolute Gasteiger partial charge is 0.377 e. The summed E-state index contributed by atoms with van der Waals surface area (Å²) in [4.78, 5) is 19.3. The summed E-state index contributed by atoms with van der Waals surface area (Å²) in [7, 11) is 0. The van der Waals surface area contributed by atoms with Crippen LogP contribution in [0.15, 0.2) is 24.9 Å². The molecular weight excluding hydrogens is 597 g/mol. The van der Waals surface area contributed by atoms with Crippen LogP contribution in [0.5, 0.6) is 0 Å². The second kappa shape index (κ2) is 11.6. The SMILES string of the molecule is C=CC(=O)N1CCC(n2nc(N3CC[C@@H](CN4CC5COC(C5)C4)CC3(C)C)c(-c3c(Cl)c(Cl)cc4[nH]ncc34)c2C)CC1. The number of benzene rings is 1. The van der Waals surface area contributed by atoms with E-state index in [0.717, 1.165) is 92.0 Å². The van der Waals surface area contributed by atoms with Gasteiger partial charge in [0.1, 0.15) is 0 Å². The molecule has 1 aromatic carbocycles. The Bertz CT molecular complexity index is 1560. The van der Waals surface area contributed by atoms with E-state index in [9.17, 15) is 4.79 Å². The third-order valence-corrected chi connectivity index (χ3v) is 11.3. The van der Waals surface area contributed by atoms with E-state index in [0.29, 0.717) is 41.1 Å². The minimum atomic E-state index is -0.116. The van der Waals surface area contributed by atoms with Gasteiger partial charge in [-0.15, -0.1) is 0 Å². The monoisotopic (exact) mass is 639 g/mol. The van der Waals surface area contributed by atoms with Gasteiger partial charge < -0.3 is 19.4 Å². The number of aromatic nitrogens is 4. The van der Waals surface area contributed by atoms with Gasteiger partial charge in [0.25, 0.3) is 0 Å². The Morgan fingerprint density at radius 1 is 1.18 bits per heavy atom. The van der Waals surface area contributed by atoms with Crippen molar-refractivity contribution in [3.8, 4) is 11.1 Å². The zero-order chi connectivity index (χ0) is 30.7. The fraction of sp³-hybridized carbons (Fsp3) is 0.606. The molecule has 236 valence electrons. The topological polar surface area (TPSA) is 82.5 Å². The van der Waals surface area contributed by atoms with Crippen molar-refractivity contribution in [2.45, 2.75) is 70.6 Å². The molecule has 9 nitrogen and oxygen atoms in total. The third-order valence-electron chi connectivity index (χ3n) is 10.5. The summed E-state index contributed by atoms with van der Waals surface area (Å²) in [6, 6.07) is 2.01. The average Bonchev–Trinajstić information content (AvgIpc) is 3.70. The van der Waals surface area contributed by atoms with Gasteiger partial charge in [-0.2, -0.15) is 10.2 Å². The van der Waals surface area contributed by atoms with Crippen LogP contribution in [0.3, 0.4) is 0 Å². The minimum absolute atomic E-state index is 0.00979. The van der Waals surface area contributed by atoms with E-state index in [1.54, 1.807) is 0 Å². The van der Waals surface area contributed by atoms with Crippen molar-refractivity contribution in [2.24, 2.45) is 11.8 Å². The molecule has 2 unspecified atom stereocenters. The number of anilines is 1. The first-order valence-corrected chi connectivity index (χ1v) is 16.8. The second-order valence-corrected chi connectivity index (χ2v) is 14.8. The highest BCUT2D eigenvalue weighted by Crippen LogP contribution is 2.48. The normalized spacial score (nSPS) is 26.1. The number of aromatic amines is 1. The Kier molecular flexibility index (Phi) is 7.96. The average molecular weight is 641 g/mol. The number of hydrogen-bond donors (Lipinski definition) is 1. The zero-order valence-electron chi connectivity index (χ0n) is 26.0. The van der Waals surface area contributed by atoms with Crippen molar-refractivity contribution in [1.82, 2.24) is 29.8 Å². The molecule has 4 fully saturated rings. The number of fused-ring (bicyclic) bond motifs is 3. The van der Waals surface area contributed by atoms with Crippen LogP contribution in [0.25, 0.3) is 22.0 Å². The van der Waals surface area contributed by atoms with Crippen molar-refractivity contribution >= 4 is 45.8 Å². The summed E-state index contributed by atoms with van der Waals surface area (Å²) in [5.41, 5.74) is 3.69. The predicted octanol–water partition coefficient (Wildman–Crippen LogP) is 6.11. The maximum atomic E-state index is 12.3. The number of ether oxygens (including phenoxy) is 1. The zero-order valence-corrected chi connectivity index (χ0v) is 27.5. The summed E-state index contributed by atoms with van der Waals surface area (Å²) < 4.78 is 8.18. The van der Waals surface area contributed by atoms with Gasteiger partial charge in [-0.05, 0) is 76.9 Å². The maximum Gasteiger partial charge on any atom is 0.245 e. The first-order chi connectivity index (χ1) is 21.1. The van der Waals surface area contributed by atoms with Crippen LogP contribution in [0.4, 0.5) is 5.82 Å². The lowest BCUT2D eigenvalue weighted by Gasteiger charge is -2.47. The molecule has 0 spiro atoms. The Balaban J connectivity index is 1.23. The highest BCUT2D eigenvalue weighted by molar-refractivity contribution is 6.45. The van der Waals surface area contributed by atoms with Crippen molar-refractivity contribution < 1.29 is 9.53 Å². The molecule has 6 heterocycles. The molecule has 2 bridgehead atoms. The molecule has 3 aromatic rings. The van der Waals surface area contributed by atoms with Gasteiger partial charge in [0.05, 0.1) is 40.5 Å². The van der Waals surface area contributed by atoms with E-state index in [4.69, 9.17) is 33.0 Å². The van der Waals surface area contributed by atoms with Crippen LogP contribution in [0.2, 0.25) is 10.0 Å². The number of H-pyrrole nitrogens is 1. The van der Waals surface area contributed by atoms with Crippen LogP contribution in [0.1, 0.15) is 57.7 Å². The molecule has 4 aliphatic rings. The molecule has 11 heteroatoms. The first-order valence-electron chi connectivity index (χ1n) is 16.1. The van der Waals surface area contributed by atoms with Gasteiger partial charge >= 0.3 is 0 Å². The van der Waals surface area contributed by atoms with Crippen LogP contribution in [0, 0.1) is 18.8 Å². The molecule has 3 atom stereocenters. The Morgan fingerprint density at radius 2 is 1.98 bits per heavy atom. The minimum Gasteiger partial charge on any atom is -0.377 e. The van der Waals surface area contributed by atoms with E-state index >= 15 is 0 Å². The van der Waals surface area contributed by atoms with Crippen molar-refractivity contribution in [2.75, 3.05) is 50.8 Å². The third kappa shape index (κ3) is 5.33. The smallest absolute Gasteiger partial charge is 0.245 e. The van der Waals surface area contributed by atoms with Gasteiger partial charge in [-0.3, -0.25) is 14.6 Å². The number of amides is 1. The van der Waals surface area contributed by atoms with Crippen LogP contribution < -0.4 is 4.90 Å². The van der Waals surface area contributed by atoms with Crippen molar-refractivity contribution in [3.05, 3.63) is 40.7 Å². The van der Waals surface area contributed by atoms with E-state index in [1.165, 1.54) is 12.5 Å². The lowest BCUT2D eigenvalue weighted by molar-refractivity contribution is -0.127. The van der Waals surface area contributed by atoms with E-state index < -0.39 is 0 Å². The highest BCUT2D eigenvalue weighted by atomic mass is 35.5. The number of nitrogens with one attached hydrogen (secondary N) is 1. The predicted molar refractivity (Wildman–Crippen MR) is 176 cm³/mol. The van der Waals surface area contributed by atoms with Crippen molar-refractivity contribution in [3.63, 3.8) is 0 Å². The van der Waals surface area contributed by atoms with Gasteiger partial charge in [-0.1, -0.05) is 29.8 Å². The molecule has 4 aliphatic heterocycles. The molecule has 4 saturated heterocycles. The van der Waals surface area contributed by atoms with Gasteiger partial charge in [0.2, 0.25) is 5.91 Å². The Labute approximate surface area is 269 Å². The van der Waals surface area contributed by atoms with Crippen LogP contribution >= 0.6 is 23.2 Å². The molecule has 0 saturated carbocycles. The molecule has 1 N–H and O–H groups in total. The van der Waals surface area contributed by atoms with E-state index in [2.05, 4.69) is 52.0 Å². The maximum absolute atomic E-state index is 12.3. The fourth-order valence-corrected chi connectivity index (χ4v) is 8.89. The highest BCUT2D eigenvalue weighted by Gasteiger charge is 2.41. The van der Waals surface area contributed by atoms with Crippen LogP contribution in [-0.2, 0) is 9.53 Å². The molecule has 1 amide bonds. The standard InChI is InChI=1S/C33H43Cl2N7O2/c1-5-28(43)40-9-7-23(8-10-40)42-20(2)29(30-25-15-36-37-27(25)13-26(34)31(30)35)32(38-42)41-11-6-21(14-33(41,3)4)16-39-17-22-12-24(18-39)44-19-22/h5,13,15,21-24H,1,6-12,14,16-19H2,2-4H3,(H,36,37)/t21-,22?,24?/m1/s1. The molecule has 2 aromatic heterocycles. The van der Waals surface area contributed by atoms with Crippen molar-refractivity contribution in [1.29, 1.82) is 0 Å². The number of rotatable bonds is 6. The molecule has 0 aliphatic carbocycles. The van der Waals surface area contributed by atoms with Gasteiger partial charge in [0, 0.05) is 67.0 Å². The summed E-state index contributed by atoms with van der Waals surface area (Å²) in [5.74, 6) is 2.25. The summed E-state index contributed by atoms with van der Waals surface area (Å²) >= 11 is 13.8. The number of likely N-dealkylation sites (tertiary alicyclic amines) is 2. The number of halogens is 2. The molecule has 44 heavy (non-hydrogen) atoms. The molecular formula is C33H43Cl2N7O2. The van der Waals surface area contributed by atoms with Gasteiger partial charge in [0.15, 0.2) is 5.82 Å². The van der Waals surface area contributed by atoms with E-state index in [1.807, 2.05) is 17.2 Å². The number of carbonyl (C=O) groups excluding carboxylic acids is 1. The summed E-state index contributed by atoms with van der Waals surface area (Å²) in [6.07, 6.45) is 8.73. The molecule has 0 radical (unpaired) electrons. The van der Waals surface area contributed by atoms with E-state index in [-0.39, 0.29) is 17.5 Å². The second-order valence-electron chi connectivity index (χ2n) is 14.0. The first kappa shape index (κ1) is 30.1. The lowest BCUT2D eigenvalue weighted by Crippen LogP contribution is -2.53. The van der Waals surface area contributed by atoms with Crippen LogP contribution in [-0.4, -0.2) is 93.2 Å². The molecule has 7 rings (SSSR count).